The van der Waals surface area contributed by atoms with E-state index in [0.717, 1.165) is 26.9 Å². The zero-order valence-corrected chi connectivity index (χ0v) is 17.5. The predicted octanol–water partition coefficient (Wildman–Crippen LogP) is 4.47. The van der Waals surface area contributed by atoms with E-state index in [9.17, 15) is 9.18 Å². The number of hydrogen-bond acceptors (Lipinski definition) is 3. The molecule has 0 aliphatic heterocycles. The number of nitrogens with zero attached hydrogens (tertiary/aromatic N) is 2. The Bertz CT molecular complexity index is 1060. The van der Waals surface area contributed by atoms with Gasteiger partial charge in [0.25, 0.3) is 5.91 Å². The molecule has 0 saturated carbocycles. The molecule has 2 aromatic carbocycles. The Morgan fingerprint density at radius 1 is 1.18 bits per heavy atom. The quantitative estimate of drug-likeness (QED) is 0.573. The summed E-state index contributed by atoms with van der Waals surface area (Å²) in [5.41, 5.74) is 5.27. The molecule has 1 heterocycles. The first kappa shape index (κ1) is 20.4. The number of benzene rings is 2. The van der Waals surface area contributed by atoms with Gasteiger partial charge in [0.1, 0.15) is 5.82 Å². The van der Waals surface area contributed by atoms with Crippen molar-refractivity contribution in [3.63, 3.8) is 0 Å². The van der Waals surface area contributed by atoms with Crippen LogP contribution in [0.1, 0.15) is 29.2 Å². The predicted molar refractivity (Wildman–Crippen MR) is 111 cm³/mol. The van der Waals surface area contributed by atoms with Crippen LogP contribution in [0.15, 0.2) is 35.3 Å². The largest absolute Gasteiger partial charge is 0.380 e. The van der Waals surface area contributed by atoms with Crippen molar-refractivity contribution in [2.24, 2.45) is 4.99 Å². The number of hydrogen-bond donors (Lipinski definition) is 0. The first-order valence-corrected chi connectivity index (χ1v) is 10.2. The lowest BCUT2D eigenvalue weighted by atomic mass is 9.97. The average molecular weight is 401 g/mol. The van der Waals surface area contributed by atoms with Gasteiger partial charge in [-0.15, -0.1) is 0 Å². The highest BCUT2D eigenvalue weighted by atomic mass is 32.1. The van der Waals surface area contributed by atoms with Gasteiger partial charge in [-0.1, -0.05) is 29.0 Å². The number of aryl methyl sites for hydroxylation is 3. The van der Waals surface area contributed by atoms with Gasteiger partial charge < -0.3 is 9.30 Å². The van der Waals surface area contributed by atoms with E-state index in [2.05, 4.69) is 17.1 Å². The zero-order valence-electron chi connectivity index (χ0n) is 16.7. The average Bonchev–Trinajstić information content (AvgIpc) is 2.94. The molecule has 4 nitrogen and oxygen atoms in total. The molecule has 1 aromatic heterocycles. The summed E-state index contributed by atoms with van der Waals surface area (Å²) in [5, 5.41) is 0. The van der Waals surface area contributed by atoms with Crippen molar-refractivity contribution in [2.45, 2.75) is 40.7 Å². The number of amides is 1. The lowest BCUT2D eigenvalue weighted by Crippen LogP contribution is -2.20. The van der Waals surface area contributed by atoms with E-state index in [1.54, 1.807) is 6.07 Å². The minimum Gasteiger partial charge on any atom is -0.380 e. The normalized spacial score (nSPS) is 12.1. The molecule has 28 heavy (non-hydrogen) atoms. The summed E-state index contributed by atoms with van der Waals surface area (Å²) in [4.78, 5) is 17.7. The fourth-order valence-electron chi connectivity index (χ4n) is 3.43. The van der Waals surface area contributed by atoms with Crippen molar-refractivity contribution in [1.29, 1.82) is 0 Å². The SMILES string of the molecule is CCOCCn1c(=NC(=O)Cc2c(C)cc(C)cc2C)sc2cc(F)ccc21. The highest BCUT2D eigenvalue weighted by Crippen LogP contribution is 2.20. The molecule has 0 fully saturated rings. The van der Waals surface area contributed by atoms with Crippen LogP contribution in [-0.2, 0) is 22.5 Å². The van der Waals surface area contributed by atoms with Crippen LogP contribution in [0.2, 0.25) is 0 Å². The minimum atomic E-state index is -0.297. The van der Waals surface area contributed by atoms with Gasteiger partial charge >= 0.3 is 0 Å². The lowest BCUT2D eigenvalue weighted by molar-refractivity contribution is -0.117. The Balaban J connectivity index is 1.98. The number of carbonyl (C=O) groups is 1. The van der Waals surface area contributed by atoms with Crippen molar-refractivity contribution in [3.05, 3.63) is 63.2 Å². The Morgan fingerprint density at radius 2 is 1.89 bits per heavy atom. The van der Waals surface area contributed by atoms with Crippen molar-refractivity contribution in [1.82, 2.24) is 4.57 Å². The smallest absolute Gasteiger partial charge is 0.252 e. The van der Waals surface area contributed by atoms with Crippen LogP contribution in [-0.4, -0.2) is 23.7 Å². The molecule has 0 aliphatic rings. The molecule has 0 spiro atoms. The Kier molecular flexibility index (Phi) is 6.42. The standard InChI is InChI=1S/C22H25FN2O2S/c1-5-27-9-8-25-19-7-6-17(23)12-20(19)28-22(25)24-21(26)13-18-15(3)10-14(2)11-16(18)4/h6-7,10-12H,5,8-9,13H2,1-4H3. The van der Waals surface area contributed by atoms with Crippen molar-refractivity contribution in [3.8, 4) is 0 Å². The summed E-state index contributed by atoms with van der Waals surface area (Å²) in [7, 11) is 0. The third-order valence-corrected chi connectivity index (χ3v) is 5.74. The first-order valence-electron chi connectivity index (χ1n) is 9.40. The number of ether oxygens (including phenoxy) is 1. The second-order valence-electron chi connectivity index (χ2n) is 6.90. The highest BCUT2D eigenvalue weighted by molar-refractivity contribution is 7.16. The maximum Gasteiger partial charge on any atom is 0.252 e. The number of thiazole rings is 1. The fraction of sp³-hybridized carbons (Fsp3) is 0.364. The molecule has 0 radical (unpaired) electrons. The number of aromatic nitrogens is 1. The van der Waals surface area contributed by atoms with Crippen molar-refractivity contribution in [2.75, 3.05) is 13.2 Å². The molecule has 1 amide bonds. The molecule has 3 aromatic rings. The second-order valence-corrected chi connectivity index (χ2v) is 7.91. The van der Waals surface area contributed by atoms with Gasteiger partial charge in [-0.25, -0.2) is 4.39 Å². The molecular formula is C22H25FN2O2S. The molecular weight excluding hydrogens is 375 g/mol. The van der Waals surface area contributed by atoms with E-state index in [1.165, 1.54) is 29.0 Å². The summed E-state index contributed by atoms with van der Waals surface area (Å²) in [6.45, 7) is 9.72. The molecule has 0 aliphatic carbocycles. The van der Waals surface area contributed by atoms with Crippen LogP contribution in [0.4, 0.5) is 4.39 Å². The van der Waals surface area contributed by atoms with Crippen LogP contribution in [0.3, 0.4) is 0 Å². The van der Waals surface area contributed by atoms with Gasteiger partial charge in [-0.05, 0) is 62.6 Å². The van der Waals surface area contributed by atoms with Crippen LogP contribution < -0.4 is 4.80 Å². The van der Waals surface area contributed by atoms with Gasteiger partial charge in [-0.2, -0.15) is 4.99 Å². The van der Waals surface area contributed by atoms with E-state index in [1.807, 2.05) is 32.3 Å². The van der Waals surface area contributed by atoms with E-state index >= 15 is 0 Å². The molecule has 0 bridgehead atoms. The summed E-state index contributed by atoms with van der Waals surface area (Å²) >= 11 is 1.33. The van der Waals surface area contributed by atoms with E-state index in [4.69, 9.17) is 4.74 Å². The van der Waals surface area contributed by atoms with Crippen LogP contribution in [0, 0.1) is 26.6 Å². The Morgan fingerprint density at radius 3 is 2.57 bits per heavy atom. The first-order chi connectivity index (χ1) is 13.4. The maximum atomic E-state index is 13.6. The number of halogens is 1. The van der Waals surface area contributed by atoms with E-state index in [-0.39, 0.29) is 18.1 Å². The molecule has 3 rings (SSSR count). The van der Waals surface area contributed by atoms with Gasteiger partial charge in [0, 0.05) is 13.2 Å². The van der Waals surface area contributed by atoms with E-state index < -0.39 is 0 Å². The molecule has 6 heteroatoms. The van der Waals surface area contributed by atoms with Crippen molar-refractivity contribution >= 4 is 27.5 Å². The van der Waals surface area contributed by atoms with E-state index in [0.29, 0.717) is 24.6 Å². The third-order valence-electron chi connectivity index (χ3n) is 4.70. The maximum absolute atomic E-state index is 13.6. The lowest BCUT2D eigenvalue weighted by Gasteiger charge is -2.09. The van der Waals surface area contributed by atoms with Gasteiger partial charge in [0.05, 0.1) is 23.2 Å². The van der Waals surface area contributed by atoms with Gasteiger partial charge in [0.15, 0.2) is 4.80 Å². The Hall–Kier alpha value is -2.31. The molecule has 0 N–H and O–H groups in total. The molecule has 0 saturated heterocycles. The highest BCUT2D eigenvalue weighted by Gasteiger charge is 2.12. The summed E-state index contributed by atoms with van der Waals surface area (Å²) in [5.74, 6) is -0.498. The number of carbonyl (C=O) groups excluding carboxylic acids is 1. The summed E-state index contributed by atoms with van der Waals surface area (Å²) in [6.07, 6.45) is 0.256. The van der Waals surface area contributed by atoms with Crippen LogP contribution in [0.5, 0.6) is 0 Å². The monoisotopic (exact) mass is 400 g/mol. The molecule has 148 valence electrons. The number of rotatable bonds is 6. The van der Waals surface area contributed by atoms with Crippen molar-refractivity contribution < 1.29 is 13.9 Å². The second kappa shape index (κ2) is 8.80. The van der Waals surface area contributed by atoms with Gasteiger partial charge in [0.2, 0.25) is 0 Å². The zero-order chi connectivity index (χ0) is 20.3. The number of fused-ring (bicyclic) bond motifs is 1. The third kappa shape index (κ3) is 4.56. The topological polar surface area (TPSA) is 43.6 Å². The van der Waals surface area contributed by atoms with Gasteiger partial charge in [-0.3, -0.25) is 4.79 Å². The van der Waals surface area contributed by atoms with Crippen LogP contribution in [0.25, 0.3) is 10.2 Å². The van der Waals surface area contributed by atoms with Crippen LogP contribution >= 0.6 is 11.3 Å². The molecule has 0 atom stereocenters. The fourth-order valence-corrected chi connectivity index (χ4v) is 4.53. The molecule has 0 unspecified atom stereocenters. The Labute approximate surface area is 168 Å². The summed E-state index contributed by atoms with van der Waals surface area (Å²) < 4.78 is 21.8. The minimum absolute atomic E-state index is 0.202. The summed E-state index contributed by atoms with van der Waals surface area (Å²) in [6, 6.07) is 8.80.